The zero-order valence-corrected chi connectivity index (χ0v) is 15.1. The molecule has 9 heteroatoms. The van der Waals surface area contributed by atoms with Gasteiger partial charge in [-0.25, -0.2) is 13.2 Å². The van der Waals surface area contributed by atoms with Gasteiger partial charge in [0.05, 0.1) is 5.75 Å². The molecule has 0 saturated carbocycles. The number of benzene rings is 1. The monoisotopic (exact) mass is 368 g/mol. The minimum absolute atomic E-state index is 0.0534. The fourth-order valence-electron chi connectivity index (χ4n) is 2.70. The van der Waals surface area contributed by atoms with E-state index in [-0.39, 0.29) is 11.7 Å². The lowest BCUT2D eigenvalue weighted by atomic mass is 10.2. The third kappa shape index (κ3) is 5.35. The van der Waals surface area contributed by atoms with E-state index in [1.165, 1.54) is 4.90 Å². The van der Waals surface area contributed by atoms with Crippen LogP contribution in [0.5, 0.6) is 0 Å². The summed E-state index contributed by atoms with van der Waals surface area (Å²) in [6, 6.07) is 5.88. The second kappa shape index (κ2) is 8.19. The lowest BCUT2D eigenvalue weighted by molar-refractivity contribution is 0.0762. The Bertz CT molecular complexity index is 718. The van der Waals surface area contributed by atoms with Crippen molar-refractivity contribution in [3.05, 3.63) is 29.8 Å². The van der Waals surface area contributed by atoms with Gasteiger partial charge in [-0.1, -0.05) is 6.92 Å². The van der Waals surface area contributed by atoms with Gasteiger partial charge in [0, 0.05) is 37.4 Å². The van der Waals surface area contributed by atoms with E-state index in [4.69, 9.17) is 5.73 Å². The first-order valence-corrected chi connectivity index (χ1v) is 9.92. The summed E-state index contributed by atoms with van der Waals surface area (Å²) in [5.74, 6) is -0.0908. The summed E-state index contributed by atoms with van der Waals surface area (Å²) in [6.07, 6.45) is 1.20. The van der Waals surface area contributed by atoms with Crippen molar-refractivity contribution < 1.29 is 18.0 Å². The van der Waals surface area contributed by atoms with Gasteiger partial charge in [0.15, 0.2) is 0 Å². The molecule has 0 unspecified atom stereocenters. The van der Waals surface area contributed by atoms with Crippen LogP contribution in [0.25, 0.3) is 0 Å². The number of rotatable bonds is 5. The molecule has 1 fully saturated rings. The Kier molecular flexibility index (Phi) is 6.24. The van der Waals surface area contributed by atoms with Gasteiger partial charge in [0.2, 0.25) is 10.0 Å². The van der Waals surface area contributed by atoms with Crippen molar-refractivity contribution in [1.29, 1.82) is 0 Å². The van der Waals surface area contributed by atoms with E-state index in [1.807, 2.05) is 0 Å². The van der Waals surface area contributed by atoms with Crippen LogP contribution in [0, 0.1) is 0 Å². The second-order valence-corrected chi connectivity index (χ2v) is 7.81. The van der Waals surface area contributed by atoms with Crippen LogP contribution >= 0.6 is 0 Å². The van der Waals surface area contributed by atoms with Gasteiger partial charge in [-0.15, -0.1) is 0 Å². The molecule has 8 nitrogen and oxygen atoms in total. The number of urea groups is 1. The summed E-state index contributed by atoms with van der Waals surface area (Å²) in [6.45, 7) is 3.72. The zero-order chi connectivity index (χ0) is 18.4. The quantitative estimate of drug-likeness (QED) is 0.809. The average molecular weight is 368 g/mol. The number of nitrogens with two attached hydrogens (primary N) is 1. The third-order valence-electron chi connectivity index (χ3n) is 3.97. The summed E-state index contributed by atoms with van der Waals surface area (Å²) in [5, 5.41) is 0. The first kappa shape index (κ1) is 19.0. The molecule has 0 radical (unpaired) electrons. The molecule has 0 aromatic heterocycles. The van der Waals surface area contributed by atoms with Gasteiger partial charge in [0.25, 0.3) is 5.91 Å². The molecule has 1 aliphatic rings. The second-order valence-electron chi connectivity index (χ2n) is 5.97. The Morgan fingerprint density at radius 1 is 1.08 bits per heavy atom. The van der Waals surface area contributed by atoms with Crippen LogP contribution < -0.4 is 10.5 Å². The molecule has 1 saturated heterocycles. The summed E-state index contributed by atoms with van der Waals surface area (Å²) in [7, 11) is -3.35. The first-order valence-electron chi connectivity index (χ1n) is 8.26. The van der Waals surface area contributed by atoms with Gasteiger partial charge >= 0.3 is 6.03 Å². The van der Waals surface area contributed by atoms with Crippen LogP contribution in [0.1, 0.15) is 30.1 Å². The van der Waals surface area contributed by atoms with Gasteiger partial charge < -0.3 is 15.5 Å². The molecule has 0 bridgehead atoms. The zero-order valence-electron chi connectivity index (χ0n) is 14.3. The van der Waals surface area contributed by atoms with Gasteiger partial charge in [-0.3, -0.25) is 9.52 Å². The number of anilines is 1. The fraction of sp³-hybridized carbons (Fsp3) is 0.500. The smallest absolute Gasteiger partial charge is 0.314 e. The molecule has 3 N–H and O–H groups in total. The SMILES string of the molecule is CCCS(=O)(=O)Nc1ccc(C(=O)N2CCCN(C(N)=O)CC2)cc1. The highest BCUT2D eigenvalue weighted by molar-refractivity contribution is 7.92. The number of carbonyl (C=O) groups is 2. The number of hydrogen-bond donors (Lipinski definition) is 2. The molecule has 1 aliphatic heterocycles. The summed E-state index contributed by atoms with van der Waals surface area (Å²) >= 11 is 0. The molecule has 1 heterocycles. The summed E-state index contributed by atoms with van der Waals surface area (Å²) in [4.78, 5) is 27.0. The number of nitrogens with one attached hydrogen (secondary N) is 1. The Hall–Kier alpha value is -2.29. The molecule has 1 aromatic rings. The summed E-state index contributed by atoms with van der Waals surface area (Å²) in [5.41, 5.74) is 6.19. The Morgan fingerprint density at radius 3 is 2.28 bits per heavy atom. The highest BCUT2D eigenvalue weighted by atomic mass is 32.2. The maximum absolute atomic E-state index is 12.6. The van der Waals surface area contributed by atoms with Crippen molar-refractivity contribution in [1.82, 2.24) is 9.80 Å². The average Bonchev–Trinajstić information content (AvgIpc) is 2.80. The number of amides is 3. The predicted molar refractivity (Wildman–Crippen MR) is 95.8 cm³/mol. The minimum Gasteiger partial charge on any atom is -0.351 e. The van der Waals surface area contributed by atoms with Crippen molar-refractivity contribution in [2.24, 2.45) is 5.73 Å². The lowest BCUT2D eigenvalue weighted by Gasteiger charge is -2.21. The molecule has 2 rings (SSSR count). The predicted octanol–water partition coefficient (Wildman–Crippen LogP) is 1.06. The van der Waals surface area contributed by atoms with Crippen LogP contribution in [0.15, 0.2) is 24.3 Å². The Labute approximate surface area is 148 Å². The van der Waals surface area contributed by atoms with Crippen LogP contribution in [0.2, 0.25) is 0 Å². The van der Waals surface area contributed by atoms with Gasteiger partial charge in [-0.05, 0) is 37.1 Å². The van der Waals surface area contributed by atoms with E-state index in [9.17, 15) is 18.0 Å². The molecule has 0 aliphatic carbocycles. The first-order chi connectivity index (χ1) is 11.8. The van der Waals surface area contributed by atoms with Crippen LogP contribution in [-0.4, -0.2) is 62.1 Å². The van der Waals surface area contributed by atoms with Crippen LogP contribution in [0.4, 0.5) is 10.5 Å². The largest absolute Gasteiger partial charge is 0.351 e. The molecule has 1 aromatic carbocycles. The van der Waals surface area contributed by atoms with Gasteiger partial charge in [-0.2, -0.15) is 0 Å². The third-order valence-corrected chi connectivity index (χ3v) is 5.47. The fourth-order valence-corrected chi connectivity index (χ4v) is 3.84. The van der Waals surface area contributed by atoms with E-state index >= 15 is 0 Å². The maximum atomic E-state index is 12.6. The number of carbonyl (C=O) groups excluding carboxylic acids is 2. The number of hydrogen-bond acceptors (Lipinski definition) is 4. The normalized spacial score (nSPS) is 15.6. The number of nitrogens with zero attached hydrogens (tertiary/aromatic N) is 2. The van der Waals surface area contributed by atoms with Crippen molar-refractivity contribution >= 4 is 27.6 Å². The van der Waals surface area contributed by atoms with E-state index in [0.29, 0.717) is 50.3 Å². The molecule has 138 valence electrons. The highest BCUT2D eigenvalue weighted by Gasteiger charge is 2.21. The lowest BCUT2D eigenvalue weighted by Crippen LogP contribution is -2.39. The number of sulfonamides is 1. The molecular weight excluding hydrogens is 344 g/mol. The van der Waals surface area contributed by atoms with E-state index < -0.39 is 16.1 Å². The van der Waals surface area contributed by atoms with E-state index in [0.717, 1.165) is 0 Å². The number of primary amides is 1. The molecule has 25 heavy (non-hydrogen) atoms. The van der Waals surface area contributed by atoms with Crippen molar-refractivity contribution in [3.8, 4) is 0 Å². The van der Waals surface area contributed by atoms with Crippen LogP contribution in [0.3, 0.4) is 0 Å². The maximum Gasteiger partial charge on any atom is 0.314 e. The molecule has 0 atom stereocenters. The Morgan fingerprint density at radius 2 is 1.68 bits per heavy atom. The van der Waals surface area contributed by atoms with Crippen molar-refractivity contribution in [2.45, 2.75) is 19.8 Å². The van der Waals surface area contributed by atoms with E-state index in [2.05, 4.69) is 4.72 Å². The molecule has 3 amide bonds. The summed E-state index contributed by atoms with van der Waals surface area (Å²) < 4.78 is 26.0. The molecule has 0 spiro atoms. The van der Waals surface area contributed by atoms with Crippen LogP contribution in [-0.2, 0) is 10.0 Å². The minimum atomic E-state index is -3.35. The highest BCUT2D eigenvalue weighted by Crippen LogP contribution is 2.15. The molecular formula is C16H24N4O4S. The van der Waals surface area contributed by atoms with Crippen molar-refractivity contribution in [2.75, 3.05) is 36.7 Å². The Balaban J connectivity index is 2.01. The topological polar surface area (TPSA) is 113 Å². The standard InChI is InChI=1S/C16H24N4O4S/c1-2-12-25(23,24)18-14-6-4-13(5-7-14)15(21)19-8-3-9-20(11-10-19)16(17)22/h4-7,18H,2-3,8-12H2,1H3,(H2,17,22). The van der Waals surface area contributed by atoms with Crippen molar-refractivity contribution in [3.63, 3.8) is 0 Å². The van der Waals surface area contributed by atoms with Gasteiger partial charge in [0.1, 0.15) is 0 Å². The van der Waals surface area contributed by atoms with E-state index in [1.54, 1.807) is 36.1 Å².